The first-order valence-corrected chi connectivity index (χ1v) is 12.2. The third-order valence-corrected chi connectivity index (χ3v) is 7.31. The summed E-state index contributed by atoms with van der Waals surface area (Å²) in [6.45, 7) is 1.06. The lowest BCUT2D eigenvalue weighted by Crippen LogP contribution is -2.40. The molecule has 9 heteroatoms. The maximum absolute atomic E-state index is 12.8. The average molecular weight is 487 g/mol. The number of benzene rings is 3. The Kier molecular flexibility index (Phi) is 7.29. The van der Waals surface area contributed by atoms with E-state index in [1.165, 1.54) is 16.4 Å². The number of halogens is 1. The van der Waals surface area contributed by atoms with Gasteiger partial charge in [0.15, 0.2) is 6.61 Å². The van der Waals surface area contributed by atoms with E-state index in [1.807, 2.05) is 36.4 Å². The lowest BCUT2D eigenvalue weighted by Gasteiger charge is -2.26. The van der Waals surface area contributed by atoms with E-state index in [0.717, 1.165) is 11.1 Å². The smallest absolute Gasteiger partial charge is 0.262 e. The number of nitrogens with zero attached hydrogens (tertiary/aromatic N) is 1. The first-order valence-electron chi connectivity index (χ1n) is 10.4. The van der Waals surface area contributed by atoms with Gasteiger partial charge in [0.25, 0.3) is 5.91 Å². The molecule has 0 radical (unpaired) electrons. The molecule has 0 aliphatic carbocycles. The lowest BCUT2D eigenvalue weighted by atomic mass is 10.1. The van der Waals surface area contributed by atoms with Crippen LogP contribution in [0.1, 0.15) is 0 Å². The largest absolute Gasteiger partial charge is 0.482 e. The number of ether oxygens (including phenoxy) is 2. The molecule has 7 nitrogen and oxygen atoms in total. The second kappa shape index (κ2) is 10.4. The van der Waals surface area contributed by atoms with E-state index >= 15 is 0 Å². The molecule has 33 heavy (non-hydrogen) atoms. The third-order valence-electron chi connectivity index (χ3n) is 5.12. The van der Waals surface area contributed by atoms with Crippen molar-refractivity contribution in [3.05, 3.63) is 77.8 Å². The molecule has 3 aromatic rings. The Morgan fingerprint density at radius 2 is 1.73 bits per heavy atom. The second-order valence-corrected chi connectivity index (χ2v) is 9.74. The Hall–Kier alpha value is -2.91. The topological polar surface area (TPSA) is 84.9 Å². The van der Waals surface area contributed by atoms with Gasteiger partial charge in [-0.05, 0) is 41.5 Å². The fourth-order valence-electron chi connectivity index (χ4n) is 3.44. The van der Waals surface area contributed by atoms with Crippen LogP contribution < -0.4 is 10.1 Å². The molecule has 0 saturated carbocycles. The van der Waals surface area contributed by atoms with Crippen molar-refractivity contribution in [3.8, 4) is 16.9 Å². The van der Waals surface area contributed by atoms with Crippen molar-refractivity contribution in [2.24, 2.45) is 0 Å². The van der Waals surface area contributed by atoms with Gasteiger partial charge in [-0.1, -0.05) is 54.1 Å². The van der Waals surface area contributed by atoms with E-state index in [1.54, 1.807) is 24.3 Å². The van der Waals surface area contributed by atoms with Gasteiger partial charge in [-0.3, -0.25) is 4.79 Å². The summed E-state index contributed by atoms with van der Waals surface area (Å²) >= 11 is 6.33. The Morgan fingerprint density at radius 3 is 2.45 bits per heavy atom. The molecule has 0 unspecified atom stereocenters. The zero-order valence-corrected chi connectivity index (χ0v) is 19.3. The number of rotatable bonds is 7. The molecule has 1 N–H and O–H groups in total. The summed E-state index contributed by atoms with van der Waals surface area (Å²) in [5.41, 5.74) is 2.33. The zero-order chi connectivity index (χ0) is 23.3. The molecule has 0 bridgehead atoms. The molecule has 0 aromatic heterocycles. The summed E-state index contributed by atoms with van der Waals surface area (Å²) in [6, 6.07) is 21.3. The quantitative estimate of drug-likeness (QED) is 0.544. The Balaban J connectivity index is 1.38. The van der Waals surface area contributed by atoms with Crippen molar-refractivity contribution >= 4 is 33.2 Å². The van der Waals surface area contributed by atoms with Gasteiger partial charge in [-0.15, -0.1) is 0 Å². The number of nitrogens with one attached hydrogen (secondary N) is 1. The zero-order valence-electron chi connectivity index (χ0n) is 17.7. The Morgan fingerprint density at radius 1 is 0.970 bits per heavy atom. The first kappa shape index (κ1) is 23.3. The van der Waals surface area contributed by atoms with Gasteiger partial charge < -0.3 is 14.8 Å². The van der Waals surface area contributed by atoms with Gasteiger partial charge in [-0.25, -0.2) is 8.42 Å². The normalized spacial score (nSPS) is 14.6. The predicted molar refractivity (Wildman–Crippen MR) is 127 cm³/mol. The fourth-order valence-corrected chi connectivity index (χ4v) is 5.13. The average Bonchev–Trinajstić information content (AvgIpc) is 2.84. The molecule has 1 saturated heterocycles. The molecule has 172 valence electrons. The van der Waals surface area contributed by atoms with Crippen molar-refractivity contribution in [2.75, 3.05) is 38.2 Å². The molecular formula is C24H23ClN2O5S. The molecule has 1 aliphatic heterocycles. The molecule has 1 heterocycles. The summed E-state index contributed by atoms with van der Waals surface area (Å²) in [5.74, 6) is -0.0470. The summed E-state index contributed by atoms with van der Waals surface area (Å²) < 4.78 is 37.8. The molecule has 1 aliphatic rings. The molecule has 1 fully saturated rings. The highest BCUT2D eigenvalue weighted by atomic mass is 35.5. The summed E-state index contributed by atoms with van der Waals surface area (Å²) in [7, 11) is -3.65. The number of sulfonamides is 1. The number of carbonyl (C=O) groups excluding carboxylic acids is 1. The van der Waals surface area contributed by atoms with Gasteiger partial charge in [0.05, 0.1) is 23.1 Å². The molecule has 0 spiro atoms. The maximum atomic E-state index is 12.8. The molecule has 3 aromatic carbocycles. The number of amides is 1. The van der Waals surface area contributed by atoms with E-state index in [-0.39, 0.29) is 11.5 Å². The standard InChI is InChI=1S/C24H23ClN2O5S/c25-22-15-19(18-5-2-1-3-6-18)9-10-23(22)32-17-24(28)26-20-7-4-8-21(16-20)33(29,30)27-11-13-31-14-12-27/h1-10,15-16H,11-14,17H2,(H,26,28). The molecule has 1 amide bonds. The number of carbonyl (C=O) groups is 1. The minimum Gasteiger partial charge on any atom is -0.482 e. The van der Waals surface area contributed by atoms with Gasteiger partial charge in [0.2, 0.25) is 10.0 Å². The fraction of sp³-hybridized carbons (Fsp3) is 0.208. The van der Waals surface area contributed by atoms with E-state index < -0.39 is 15.9 Å². The number of hydrogen-bond donors (Lipinski definition) is 1. The molecule has 0 atom stereocenters. The van der Waals surface area contributed by atoms with Crippen LogP contribution in [0.3, 0.4) is 0 Å². The van der Waals surface area contributed by atoms with Crippen LogP contribution in [-0.4, -0.2) is 51.5 Å². The molecular weight excluding hydrogens is 464 g/mol. The van der Waals surface area contributed by atoms with Crippen LogP contribution in [0, 0.1) is 0 Å². The van der Waals surface area contributed by atoms with Gasteiger partial charge in [0.1, 0.15) is 5.75 Å². The number of hydrogen-bond acceptors (Lipinski definition) is 5. The van der Waals surface area contributed by atoms with E-state index in [0.29, 0.717) is 42.8 Å². The third kappa shape index (κ3) is 5.72. The second-order valence-electron chi connectivity index (χ2n) is 7.39. The Labute approximate surface area is 197 Å². The van der Waals surface area contributed by atoms with E-state index in [2.05, 4.69) is 5.32 Å². The SMILES string of the molecule is O=C(COc1ccc(-c2ccccc2)cc1Cl)Nc1cccc(S(=O)(=O)N2CCOCC2)c1. The van der Waals surface area contributed by atoms with Crippen LogP contribution in [0.15, 0.2) is 77.7 Å². The summed E-state index contributed by atoms with van der Waals surface area (Å²) in [4.78, 5) is 12.5. The maximum Gasteiger partial charge on any atom is 0.262 e. The summed E-state index contributed by atoms with van der Waals surface area (Å²) in [6.07, 6.45) is 0. The molecule has 4 rings (SSSR count). The first-order chi connectivity index (χ1) is 15.9. The highest BCUT2D eigenvalue weighted by Crippen LogP contribution is 2.30. The van der Waals surface area contributed by atoms with E-state index in [9.17, 15) is 13.2 Å². The predicted octanol–water partition coefficient (Wildman–Crippen LogP) is 4.05. The minimum atomic E-state index is -3.65. The highest BCUT2D eigenvalue weighted by Gasteiger charge is 2.26. The van der Waals surface area contributed by atoms with Crippen molar-refractivity contribution in [1.29, 1.82) is 0 Å². The minimum absolute atomic E-state index is 0.114. The van der Waals surface area contributed by atoms with Gasteiger partial charge in [-0.2, -0.15) is 4.31 Å². The highest BCUT2D eigenvalue weighted by molar-refractivity contribution is 7.89. The van der Waals surface area contributed by atoms with E-state index in [4.69, 9.17) is 21.1 Å². The van der Waals surface area contributed by atoms with Crippen molar-refractivity contribution in [2.45, 2.75) is 4.90 Å². The number of morpholine rings is 1. The van der Waals surface area contributed by atoms with Crippen molar-refractivity contribution in [1.82, 2.24) is 4.31 Å². The monoisotopic (exact) mass is 486 g/mol. The van der Waals surface area contributed by atoms with Gasteiger partial charge >= 0.3 is 0 Å². The van der Waals surface area contributed by atoms with Crippen molar-refractivity contribution in [3.63, 3.8) is 0 Å². The number of anilines is 1. The van der Waals surface area contributed by atoms with Crippen LogP contribution in [-0.2, 0) is 19.6 Å². The summed E-state index contributed by atoms with van der Waals surface area (Å²) in [5, 5.41) is 3.06. The van der Waals surface area contributed by atoms with Gasteiger partial charge in [0, 0.05) is 18.8 Å². The Bertz CT molecular complexity index is 1230. The van der Waals surface area contributed by atoms with Crippen LogP contribution in [0.4, 0.5) is 5.69 Å². The van der Waals surface area contributed by atoms with Crippen LogP contribution in [0.2, 0.25) is 5.02 Å². The lowest BCUT2D eigenvalue weighted by molar-refractivity contribution is -0.118. The van der Waals surface area contributed by atoms with Crippen LogP contribution in [0.5, 0.6) is 5.75 Å². The van der Waals surface area contributed by atoms with Crippen LogP contribution >= 0.6 is 11.6 Å². The van der Waals surface area contributed by atoms with Crippen LogP contribution in [0.25, 0.3) is 11.1 Å². The van der Waals surface area contributed by atoms with Crippen molar-refractivity contribution < 1.29 is 22.7 Å².